The zero-order valence-corrected chi connectivity index (χ0v) is 18.1. The third-order valence-corrected chi connectivity index (χ3v) is 6.11. The van der Waals surface area contributed by atoms with Gasteiger partial charge in [-0.2, -0.15) is 0 Å². The molecular formula is C20H20ClN3O6S. The molecule has 11 heteroatoms. The number of halogens is 1. The lowest BCUT2D eigenvalue weighted by Crippen LogP contribution is -2.47. The molecule has 0 saturated carbocycles. The number of ether oxygens (including phenoxy) is 1. The molecule has 2 aromatic rings. The maximum Gasteiger partial charge on any atom is 0.307 e. The standard InChI is InChI=1S/C20H20ClN3O6S/c1-13(20(27)24-12-18(25)23-16-7-2-3-8-17(16)24)30-19(26)9-10-22-31(28,29)15-6-4-5-14(21)11-15/h2-8,11,13,22H,9-10,12H2,1H3,(H,23,25). The van der Waals surface area contributed by atoms with E-state index in [1.807, 2.05) is 0 Å². The van der Waals surface area contributed by atoms with Crippen LogP contribution in [0.15, 0.2) is 53.4 Å². The van der Waals surface area contributed by atoms with Crippen molar-refractivity contribution in [2.24, 2.45) is 0 Å². The van der Waals surface area contributed by atoms with Crippen molar-refractivity contribution in [1.82, 2.24) is 4.72 Å². The predicted octanol–water partition coefficient (Wildman–Crippen LogP) is 1.93. The van der Waals surface area contributed by atoms with Gasteiger partial charge in [0.2, 0.25) is 15.9 Å². The van der Waals surface area contributed by atoms with Gasteiger partial charge in [0.05, 0.1) is 22.7 Å². The van der Waals surface area contributed by atoms with Crippen LogP contribution in [-0.4, -0.2) is 45.4 Å². The molecule has 164 valence electrons. The van der Waals surface area contributed by atoms with Gasteiger partial charge in [-0.25, -0.2) is 13.1 Å². The summed E-state index contributed by atoms with van der Waals surface area (Å²) in [4.78, 5) is 37.9. The Labute approximate surface area is 184 Å². The molecule has 0 aromatic heterocycles. The Bertz CT molecular complexity index is 1120. The van der Waals surface area contributed by atoms with Crippen LogP contribution in [0.3, 0.4) is 0 Å². The minimum absolute atomic E-state index is 0.0287. The molecule has 2 amide bonds. The Hall–Kier alpha value is -2.95. The first-order valence-corrected chi connectivity index (χ1v) is 11.2. The van der Waals surface area contributed by atoms with Gasteiger partial charge in [0.25, 0.3) is 5.91 Å². The number of nitrogens with one attached hydrogen (secondary N) is 2. The minimum atomic E-state index is -3.84. The Balaban J connectivity index is 1.55. The van der Waals surface area contributed by atoms with Gasteiger partial charge in [-0.05, 0) is 37.3 Å². The number of para-hydroxylation sites is 2. The molecule has 2 N–H and O–H groups in total. The average Bonchev–Trinajstić information content (AvgIpc) is 2.72. The van der Waals surface area contributed by atoms with Gasteiger partial charge in [0.1, 0.15) is 6.54 Å². The quantitative estimate of drug-likeness (QED) is 0.602. The number of fused-ring (bicyclic) bond motifs is 1. The second kappa shape index (κ2) is 9.46. The summed E-state index contributed by atoms with van der Waals surface area (Å²) >= 11 is 5.80. The van der Waals surface area contributed by atoms with E-state index in [9.17, 15) is 22.8 Å². The van der Waals surface area contributed by atoms with E-state index in [4.69, 9.17) is 16.3 Å². The Morgan fingerprint density at radius 3 is 2.71 bits per heavy atom. The zero-order chi connectivity index (χ0) is 22.6. The molecular weight excluding hydrogens is 446 g/mol. The molecule has 9 nitrogen and oxygen atoms in total. The lowest BCUT2D eigenvalue weighted by molar-refractivity contribution is -0.153. The molecule has 0 fully saturated rings. The lowest BCUT2D eigenvalue weighted by Gasteiger charge is -2.30. The maximum atomic E-state index is 12.7. The summed E-state index contributed by atoms with van der Waals surface area (Å²) in [6.45, 7) is 0.978. The third-order valence-electron chi connectivity index (χ3n) is 4.42. The van der Waals surface area contributed by atoms with Crippen LogP contribution < -0.4 is 14.9 Å². The highest BCUT2D eigenvalue weighted by Crippen LogP contribution is 2.29. The highest BCUT2D eigenvalue weighted by atomic mass is 35.5. The first-order chi connectivity index (χ1) is 14.7. The monoisotopic (exact) mass is 465 g/mol. The zero-order valence-electron chi connectivity index (χ0n) is 16.5. The number of carbonyl (C=O) groups excluding carboxylic acids is 3. The fraction of sp³-hybridized carbons (Fsp3) is 0.250. The number of amides is 2. The van der Waals surface area contributed by atoms with Gasteiger partial charge in [-0.3, -0.25) is 19.3 Å². The highest BCUT2D eigenvalue weighted by Gasteiger charge is 2.31. The Kier molecular flexibility index (Phi) is 6.94. The van der Waals surface area contributed by atoms with Crippen molar-refractivity contribution in [3.05, 3.63) is 53.6 Å². The van der Waals surface area contributed by atoms with Crippen molar-refractivity contribution in [3.63, 3.8) is 0 Å². The van der Waals surface area contributed by atoms with Crippen LogP contribution in [0.5, 0.6) is 0 Å². The van der Waals surface area contributed by atoms with Gasteiger partial charge in [-0.15, -0.1) is 0 Å². The molecule has 0 spiro atoms. The molecule has 0 bridgehead atoms. The van der Waals surface area contributed by atoms with Gasteiger partial charge in [0, 0.05) is 11.6 Å². The van der Waals surface area contributed by atoms with Crippen LogP contribution in [0.25, 0.3) is 0 Å². The lowest BCUT2D eigenvalue weighted by atomic mass is 10.1. The number of hydrogen-bond donors (Lipinski definition) is 2. The van der Waals surface area contributed by atoms with Crippen LogP contribution in [0.2, 0.25) is 5.02 Å². The van der Waals surface area contributed by atoms with Crippen molar-refractivity contribution >= 4 is 50.8 Å². The van der Waals surface area contributed by atoms with E-state index in [0.29, 0.717) is 11.4 Å². The van der Waals surface area contributed by atoms with E-state index in [1.54, 1.807) is 30.3 Å². The van der Waals surface area contributed by atoms with Crippen molar-refractivity contribution in [2.45, 2.75) is 24.3 Å². The van der Waals surface area contributed by atoms with Crippen LogP contribution in [0.1, 0.15) is 13.3 Å². The summed E-state index contributed by atoms with van der Waals surface area (Å²) in [6, 6.07) is 12.5. The molecule has 31 heavy (non-hydrogen) atoms. The molecule has 1 atom stereocenters. The Morgan fingerprint density at radius 2 is 1.97 bits per heavy atom. The molecule has 0 saturated heterocycles. The largest absolute Gasteiger partial charge is 0.452 e. The van der Waals surface area contributed by atoms with E-state index in [1.165, 1.54) is 30.0 Å². The van der Waals surface area contributed by atoms with Gasteiger partial charge in [-0.1, -0.05) is 29.8 Å². The second-order valence-corrected chi connectivity index (χ2v) is 8.93. The van der Waals surface area contributed by atoms with Crippen LogP contribution >= 0.6 is 11.6 Å². The number of rotatable bonds is 7. The number of hydrogen-bond acceptors (Lipinski definition) is 6. The van der Waals surface area contributed by atoms with Crippen LogP contribution in [0.4, 0.5) is 11.4 Å². The van der Waals surface area contributed by atoms with Crippen LogP contribution in [0, 0.1) is 0 Å². The van der Waals surface area contributed by atoms with Gasteiger partial charge >= 0.3 is 5.97 Å². The molecule has 2 aromatic carbocycles. The van der Waals surface area contributed by atoms with E-state index in [0.717, 1.165) is 0 Å². The van der Waals surface area contributed by atoms with E-state index in [2.05, 4.69) is 10.0 Å². The van der Waals surface area contributed by atoms with E-state index < -0.39 is 28.0 Å². The first kappa shape index (κ1) is 22.7. The molecule has 1 unspecified atom stereocenters. The number of nitrogens with zero attached hydrogens (tertiary/aromatic N) is 1. The van der Waals surface area contributed by atoms with Crippen molar-refractivity contribution in [1.29, 1.82) is 0 Å². The molecule has 0 aliphatic carbocycles. The highest BCUT2D eigenvalue weighted by molar-refractivity contribution is 7.89. The van der Waals surface area contributed by atoms with Crippen molar-refractivity contribution < 1.29 is 27.5 Å². The number of sulfonamides is 1. The van der Waals surface area contributed by atoms with Crippen molar-refractivity contribution in [3.8, 4) is 0 Å². The Morgan fingerprint density at radius 1 is 1.23 bits per heavy atom. The first-order valence-electron chi connectivity index (χ1n) is 9.32. The summed E-state index contributed by atoms with van der Waals surface area (Å²) in [7, 11) is -3.84. The minimum Gasteiger partial charge on any atom is -0.452 e. The average molecular weight is 466 g/mol. The summed E-state index contributed by atoms with van der Waals surface area (Å²) in [5, 5.41) is 2.94. The van der Waals surface area contributed by atoms with Gasteiger partial charge in [0.15, 0.2) is 6.10 Å². The summed E-state index contributed by atoms with van der Waals surface area (Å²) in [6.07, 6.45) is -1.44. The number of anilines is 2. The predicted molar refractivity (Wildman–Crippen MR) is 114 cm³/mol. The summed E-state index contributed by atoms with van der Waals surface area (Å²) < 4.78 is 31.9. The fourth-order valence-electron chi connectivity index (χ4n) is 2.96. The normalized spacial score (nSPS) is 14.4. The van der Waals surface area contributed by atoms with E-state index >= 15 is 0 Å². The van der Waals surface area contributed by atoms with Gasteiger partial charge < -0.3 is 10.1 Å². The van der Waals surface area contributed by atoms with Crippen LogP contribution in [-0.2, 0) is 29.1 Å². The second-order valence-electron chi connectivity index (χ2n) is 6.73. The number of esters is 1. The van der Waals surface area contributed by atoms with E-state index in [-0.39, 0.29) is 35.3 Å². The van der Waals surface area contributed by atoms with Crippen molar-refractivity contribution in [2.75, 3.05) is 23.3 Å². The smallest absolute Gasteiger partial charge is 0.307 e. The molecule has 0 radical (unpaired) electrons. The summed E-state index contributed by atoms with van der Waals surface area (Å²) in [5.74, 6) is -1.68. The third kappa shape index (κ3) is 5.60. The number of benzene rings is 2. The number of carbonyl (C=O) groups is 3. The topological polar surface area (TPSA) is 122 Å². The molecule has 3 rings (SSSR count). The molecule has 1 aliphatic heterocycles. The maximum absolute atomic E-state index is 12.7. The SMILES string of the molecule is CC(OC(=O)CCNS(=O)(=O)c1cccc(Cl)c1)C(=O)N1CC(=O)Nc2ccccc21. The molecule has 1 aliphatic rings. The fourth-order valence-corrected chi connectivity index (χ4v) is 4.29. The summed E-state index contributed by atoms with van der Waals surface area (Å²) in [5.41, 5.74) is 0.991. The molecule has 1 heterocycles.